The Morgan fingerprint density at radius 3 is 2.75 bits per heavy atom. The summed E-state index contributed by atoms with van der Waals surface area (Å²) in [5, 5.41) is 0. The third-order valence-electron chi connectivity index (χ3n) is 2.98. The van der Waals surface area contributed by atoms with E-state index in [0.717, 1.165) is 17.1 Å². The number of hydrogen-bond donors (Lipinski definition) is 1. The van der Waals surface area contributed by atoms with Crippen LogP contribution in [0.3, 0.4) is 0 Å². The van der Waals surface area contributed by atoms with Gasteiger partial charge in [-0.3, -0.25) is 4.98 Å². The third-order valence-corrected chi connectivity index (χ3v) is 3.20. The number of benzene rings is 1. The van der Waals surface area contributed by atoms with Crippen LogP contribution in [0.4, 0.5) is 10.1 Å². The molecular weight excluding hydrogens is 273 g/mol. The summed E-state index contributed by atoms with van der Waals surface area (Å²) in [6.45, 7) is 2.55. The van der Waals surface area contributed by atoms with E-state index in [4.69, 9.17) is 18.0 Å². The lowest BCUT2D eigenvalue weighted by Crippen LogP contribution is -2.22. The molecule has 2 N–H and O–H groups in total. The molecule has 1 heterocycles. The molecule has 3 nitrogen and oxygen atoms in total. The second kappa shape index (κ2) is 5.96. The summed E-state index contributed by atoms with van der Waals surface area (Å²) in [5.41, 5.74) is 8.89. The van der Waals surface area contributed by atoms with Crippen LogP contribution in [0, 0.1) is 12.7 Å². The molecule has 0 aliphatic rings. The number of nitrogens with two attached hydrogens (primary N) is 1. The number of rotatable bonds is 4. The molecule has 0 saturated carbocycles. The SMILES string of the molecule is Cc1cccc(CN(C)c2ccc(F)cc2C(N)=S)n1. The predicted octanol–water partition coefficient (Wildman–Crippen LogP) is 2.80. The Morgan fingerprint density at radius 2 is 2.10 bits per heavy atom. The normalized spacial score (nSPS) is 10.3. The first-order chi connectivity index (χ1) is 9.47. The Bertz CT molecular complexity index is 643. The van der Waals surface area contributed by atoms with Crippen molar-refractivity contribution < 1.29 is 4.39 Å². The van der Waals surface area contributed by atoms with Gasteiger partial charge in [-0.2, -0.15) is 0 Å². The molecule has 0 unspecified atom stereocenters. The summed E-state index contributed by atoms with van der Waals surface area (Å²) in [5.74, 6) is -0.348. The van der Waals surface area contributed by atoms with Gasteiger partial charge in [0, 0.05) is 24.0 Å². The molecular formula is C15H16FN3S. The van der Waals surface area contributed by atoms with E-state index in [1.54, 1.807) is 6.07 Å². The van der Waals surface area contributed by atoms with Crippen LogP contribution >= 0.6 is 12.2 Å². The third kappa shape index (κ3) is 3.30. The van der Waals surface area contributed by atoms with E-state index in [2.05, 4.69) is 4.98 Å². The van der Waals surface area contributed by atoms with Gasteiger partial charge in [0.1, 0.15) is 10.8 Å². The van der Waals surface area contributed by atoms with E-state index < -0.39 is 0 Å². The lowest BCUT2D eigenvalue weighted by molar-refractivity contribution is 0.627. The molecule has 0 radical (unpaired) electrons. The number of thiocarbonyl (C=S) groups is 1. The zero-order valence-electron chi connectivity index (χ0n) is 11.4. The van der Waals surface area contributed by atoms with Crippen LogP contribution in [0.1, 0.15) is 17.0 Å². The lowest BCUT2D eigenvalue weighted by Gasteiger charge is -2.22. The predicted molar refractivity (Wildman–Crippen MR) is 83.4 cm³/mol. The van der Waals surface area contributed by atoms with Crippen LogP contribution in [-0.2, 0) is 6.54 Å². The molecule has 0 aliphatic heterocycles. The molecule has 2 rings (SSSR count). The Labute approximate surface area is 123 Å². The van der Waals surface area contributed by atoms with Crippen molar-refractivity contribution in [3.63, 3.8) is 0 Å². The Hall–Kier alpha value is -2.01. The second-order valence-corrected chi connectivity index (χ2v) is 5.09. The first-order valence-corrected chi connectivity index (χ1v) is 6.61. The summed E-state index contributed by atoms with van der Waals surface area (Å²) < 4.78 is 13.3. The number of pyridine rings is 1. The van der Waals surface area contributed by atoms with Crippen molar-refractivity contribution in [2.75, 3.05) is 11.9 Å². The Balaban J connectivity index is 2.29. The maximum atomic E-state index is 13.3. The highest BCUT2D eigenvalue weighted by atomic mass is 32.1. The van der Waals surface area contributed by atoms with Crippen molar-refractivity contribution in [3.05, 3.63) is 59.2 Å². The van der Waals surface area contributed by atoms with Gasteiger partial charge in [0.15, 0.2) is 0 Å². The maximum Gasteiger partial charge on any atom is 0.124 e. The van der Waals surface area contributed by atoms with E-state index in [0.29, 0.717) is 12.1 Å². The van der Waals surface area contributed by atoms with Crippen molar-refractivity contribution in [2.24, 2.45) is 5.73 Å². The first-order valence-electron chi connectivity index (χ1n) is 6.20. The molecule has 1 aromatic heterocycles. The monoisotopic (exact) mass is 289 g/mol. The maximum absolute atomic E-state index is 13.3. The molecule has 0 spiro atoms. The fraction of sp³-hybridized carbons (Fsp3) is 0.200. The van der Waals surface area contributed by atoms with E-state index in [1.807, 2.05) is 37.1 Å². The zero-order chi connectivity index (χ0) is 14.7. The van der Waals surface area contributed by atoms with E-state index in [1.165, 1.54) is 12.1 Å². The number of aromatic nitrogens is 1. The van der Waals surface area contributed by atoms with Gasteiger partial charge in [0.2, 0.25) is 0 Å². The topological polar surface area (TPSA) is 42.1 Å². The highest BCUT2D eigenvalue weighted by molar-refractivity contribution is 7.80. The van der Waals surface area contributed by atoms with Crippen LogP contribution in [0.5, 0.6) is 0 Å². The summed E-state index contributed by atoms with van der Waals surface area (Å²) in [6, 6.07) is 10.3. The smallest absolute Gasteiger partial charge is 0.124 e. The quantitative estimate of drug-likeness (QED) is 0.879. The average Bonchev–Trinajstić information content (AvgIpc) is 2.38. The van der Waals surface area contributed by atoms with Crippen LogP contribution in [0.25, 0.3) is 0 Å². The van der Waals surface area contributed by atoms with Crippen molar-refractivity contribution >= 4 is 22.9 Å². The zero-order valence-corrected chi connectivity index (χ0v) is 12.2. The van der Waals surface area contributed by atoms with Crippen LogP contribution in [0.15, 0.2) is 36.4 Å². The molecule has 0 aliphatic carbocycles. The summed E-state index contributed by atoms with van der Waals surface area (Å²) >= 11 is 4.98. The summed E-state index contributed by atoms with van der Waals surface area (Å²) in [7, 11) is 1.90. The lowest BCUT2D eigenvalue weighted by atomic mass is 10.1. The van der Waals surface area contributed by atoms with Gasteiger partial charge >= 0.3 is 0 Å². The molecule has 2 aromatic rings. The molecule has 20 heavy (non-hydrogen) atoms. The van der Waals surface area contributed by atoms with Gasteiger partial charge in [0.25, 0.3) is 0 Å². The van der Waals surface area contributed by atoms with Crippen LogP contribution < -0.4 is 10.6 Å². The van der Waals surface area contributed by atoms with Crippen LogP contribution in [0.2, 0.25) is 0 Å². The Kier molecular flexibility index (Phi) is 4.29. The molecule has 104 valence electrons. The molecule has 0 atom stereocenters. The minimum absolute atomic E-state index is 0.184. The summed E-state index contributed by atoms with van der Waals surface area (Å²) in [6.07, 6.45) is 0. The van der Waals surface area contributed by atoms with E-state index in [9.17, 15) is 4.39 Å². The molecule has 0 amide bonds. The fourth-order valence-corrected chi connectivity index (χ4v) is 2.22. The number of halogens is 1. The van der Waals surface area contributed by atoms with Crippen molar-refractivity contribution in [3.8, 4) is 0 Å². The highest BCUT2D eigenvalue weighted by Gasteiger charge is 2.11. The number of anilines is 1. The van der Waals surface area contributed by atoms with Gasteiger partial charge in [-0.15, -0.1) is 0 Å². The van der Waals surface area contributed by atoms with Crippen LogP contribution in [-0.4, -0.2) is 17.0 Å². The fourth-order valence-electron chi connectivity index (χ4n) is 2.05. The standard InChI is InChI=1S/C15H16FN3S/c1-10-4-3-5-12(18-10)9-19(2)14-7-6-11(16)8-13(14)15(17)20/h3-8H,9H2,1-2H3,(H2,17,20). The molecule has 0 saturated heterocycles. The Morgan fingerprint density at radius 1 is 1.35 bits per heavy atom. The van der Waals surface area contributed by atoms with Crippen molar-refractivity contribution in [2.45, 2.75) is 13.5 Å². The highest BCUT2D eigenvalue weighted by Crippen LogP contribution is 2.22. The molecule has 0 bridgehead atoms. The number of nitrogens with zero attached hydrogens (tertiary/aromatic N) is 2. The minimum Gasteiger partial charge on any atom is -0.389 e. The van der Waals surface area contributed by atoms with E-state index in [-0.39, 0.29) is 10.8 Å². The van der Waals surface area contributed by atoms with Gasteiger partial charge in [0.05, 0.1) is 12.2 Å². The molecule has 0 fully saturated rings. The van der Waals surface area contributed by atoms with Crippen molar-refractivity contribution in [1.82, 2.24) is 4.98 Å². The van der Waals surface area contributed by atoms with Gasteiger partial charge in [-0.25, -0.2) is 4.39 Å². The average molecular weight is 289 g/mol. The number of hydrogen-bond acceptors (Lipinski definition) is 3. The van der Waals surface area contributed by atoms with Gasteiger partial charge in [-0.1, -0.05) is 18.3 Å². The largest absolute Gasteiger partial charge is 0.389 e. The number of aryl methyl sites for hydroxylation is 1. The molecule has 5 heteroatoms. The van der Waals surface area contributed by atoms with Gasteiger partial charge < -0.3 is 10.6 Å². The molecule has 1 aromatic carbocycles. The van der Waals surface area contributed by atoms with E-state index >= 15 is 0 Å². The first kappa shape index (κ1) is 14.4. The summed E-state index contributed by atoms with van der Waals surface area (Å²) in [4.78, 5) is 6.59. The second-order valence-electron chi connectivity index (χ2n) is 4.65. The van der Waals surface area contributed by atoms with Crippen molar-refractivity contribution in [1.29, 1.82) is 0 Å². The van der Waals surface area contributed by atoms with Gasteiger partial charge in [-0.05, 0) is 37.3 Å². The minimum atomic E-state index is -0.348.